The maximum Gasteiger partial charge on any atom is 0.416 e. The van der Waals surface area contributed by atoms with Gasteiger partial charge >= 0.3 is 6.18 Å². The van der Waals surface area contributed by atoms with E-state index in [1.54, 1.807) is 19.2 Å². The summed E-state index contributed by atoms with van der Waals surface area (Å²) < 4.78 is 44.5. The second-order valence-electron chi connectivity index (χ2n) is 4.78. The van der Waals surface area contributed by atoms with Gasteiger partial charge in [0.05, 0.1) is 5.56 Å². The van der Waals surface area contributed by atoms with E-state index < -0.39 is 11.7 Å². The number of rotatable bonds is 4. The summed E-state index contributed by atoms with van der Waals surface area (Å²) in [5, 5.41) is 3.12. The van der Waals surface area contributed by atoms with Gasteiger partial charge in [-0.2, -0.15) is 13.2 Å². The van der Waals surface area contributed by atoms with Crippen molar-refractivity contribution in [2.24, 2.45) is 0 Å². The Kier molecular flexibility index (Phi) is 5.35. The molecule has 1 aliphatic rings. The summed E-state index contributed by atoms with van der Waals surface area (Å²) in [5.74, 6) is 0. The molecule has 2 rings (SSSR count). The third-order valence-electron chi connectivity index (χ3n) is 3.23. The summed E-state index contributed by atoms with van der Waals surface area (Å²) in [6.45, 7) is 1.61. The van der Waals surface area contributed by atoms with Gasteiger partial charge in [-0.05, 0) is 37.6 Å². The Bertz CT molecular complexity index is 445. The third-order valence-corrected chi connectivity index (χ3v) is 4.56. The van der Waals surface area contributed by atoms with Gasteiger partial charge in [-0.15, -0.1) is 11.8 Å². The quantitative estimate of drug-likeness (QED) is 0.916. The molecule has 0 unspecified atom stereocenters. The van der Waals surface area contributed by atoms with Crippen LogP contribution >= 0.6 is 11.8 Å². The summed E-state index contributed by atoms with van der Waals surface area (Å²) in [6, 6.07) is 4.62. The lowest BCUT2D eigenvalue weighted by molar-refractivity contribution is -0.138. The summed E-state index contributed by atoms with van der Waals surface area (Å²) >= 11 is 1.52. The first-order valence-electron chi connectivity index (χ1n) is 6.60. The first-order valence-corrected chi connectivity index (χ1v) is 7.48. The lowest BCUT2D eigenvalue weighted by atomic mass is 10.1. The van der Waals surface area contributed by atoms with Crippen molar-refractivity contribution in [3.63, 3.8) is 0 Å². The van der Waals surface area contributed by atoms with Crippen LogP contribution in [0, 0.1) is 0 Å². The third kappa shape index (κ3) is 4.14. The van der Waals surface area contributed by atoms with E-state index in [1.807, 2.05) is 0 Å². The molecule has 20 heavy (non-hydrogen) atoms. The smallest absolute Gasteiger partial charge is 0.381 e. The standard InChI is InChI=1S/C14H18F3NOS/c1-18-9-10-2-3-12(8-13(10)14(15,16)17)20-11-4-6-19-7-5-11/h2-3,8,11,18H,4-7,9H2,1H3. The van der Waals surface area contributed by atoms with Gasteiger partial charge in [0.25, 0.3) is 0 Å². The maximum absolute atomic E-state index is 13.1. The van der Waals surface area contributed by atoms with Crippen molar-refractivity contribution < 1.29 is 17.9 Å². The molecule has 0 radical (unpaired) electrons. The largest absolute Gasteiger partial charge is 0.416 e. The molecule has 0 spiro atoms. The number of hydrogen-bond donors (Lipinski definition) is 1. The van der Waals surface area contributed by atoms with Crippen LogP contribution < -0.4 is 5.32 Å². The molecule has 6 heteroatoms. The number of thioether (sulfide) groups is 1. The molecule has 1 fully saturated rings. The van der Waals surface area contributed by atoms with Gasteiger partial charge in [0.2, 0.25) is 0 Å². The molecule has 0 saturated carbocycles. The number of benzene rings is 1. The Balaban J connectivity index is 2.17. The highest BCUT2D eigenvalue weighted by atomic mass is 32.2. The van der Waals surface area contributed by atoms with Gasteiger partial charge in [0.1, 0.15) is 0 Å². The number of halogens is 3. The second kappa shape index (κ2) is 6.83. The topological polar surface area (TPSA) is 21.3 Å². The second-order valence-corrected chi connectivity index (χ2v) is 6.15. The minimum Gasteiger partial charge on any atom is -0.381 e. The van der Waals surface area contributed by atoms with Gasteiger partial charge in [0, 0.05) is 29.9 Å². The number of ether oxygens (including phenoxy) is 1. The minimum atomic E-state index is -4.31. The number of alkyl halides is 3. The maximum atomic E-state index is 13.1. The van der Waals surface area contributed by atoms with Crippen molar-refractivity contribution in [1.82, 2.24) is 5.32 Å². The zero-order chi connectivity index (χ0) is 14.6. The molecule has 0 bridgehead atoms. The average molecular weight is 305 g/mol. The molecule has 0 aliphatic carbocycles. The fraction of sp³-hybridized carbons (Fsp3) is 0.571. The molecule has 1 N–H and O–H groups in total. The summed E-state index contributed by atoms with van der Waals surface area (Å²) in [6.07, 6.45) is -2.52. The van der Waals surface area contributed by atoms with Crippen LogP contribution in [0.3, 0.4) is 0 Å². The molecule has 1 heterocycles. The van der Waals surface area contributed by atoms with Gasteiger partial charge in [-0.3, -0.25) is 0 Å². The van der Waals surface area contributed by atoms with Crippen molar-refractivity contribution in [2.75, 3.05) is 20.3 Å². The molecular formula is C14H18F3NOS. The number of nitrogens with one attached hydrogen (secondary N) is 1. The molecular weight excluding hydrogens is 287 g/mol. The van der Waals surface area contributed by atoms with Gasteiger partial charge in [-0.1, -0.05) is 6.07 Å². The van der Waals surface area contributed by atoms with E-state index in [0.29, 0.717) is 23.4 Å². The number of hydrogen-bond acceptors (Lipinski definition) is 3. The summed E-state index contributed by atoms with van der Waals surface area (Å²) in [5.41, 5.74) is -0.250. The van der Waals surface area contributed by atoms with Crippen LogP contribution in [0.15, 0.2) is 23.1 Å². The van der Waals surface area contributed by atoms with E-state index in [0.717, 1.165) is 12.8 Å². The predicted octanol–water partition coefficient (Wildman–Crippen LogP) is 3.70. The van der Waals surface area contributed by atoms with E-state index in [4.69, 9.17) is 4.74 Å². The first kappa shape index (κ1) is 15.7. The molecule has 112 valence electrons. The predicted molar refractivity (Wildman–Crippen MR) is 73.9 cm³/mol. The fourth-order valence-corrected chi connectivity index (χ4v) is 3.37. The van der Waals surface area contributed by atoms with Crippen molar-refractivity contribution in [2.45, 2.75) is 35.7 Å². The van der Waals surface area contributed by atoms with E-state index in [9.17, 15) is 13.2 Å². The van der Waals surface area contributed by atoms with Crippen LogP contribution in [0.25, 0.3) is 0 Å². The first-order chi connectivity index (χ1) is 9.50. The summed E-state index contributed by atoms with van der Waals surface area (Å²) in [4.78, 5) is 0.684. The molecule has 1 saturated heterocycles. The Morgan fingerprint density at radius 2 is 2.00 bits per heavy atom. The van der Waals surface area contributed by atoms with Gasteiger partial charge in [-0.25, -0.2) is 0 Å². The van der Waals surface area contributed by atoms with Crippen LogP contribution in [0.4, 0.5) is 13.2 Å². The van der Waals surface area contributed by atoms with E-state index >= 15 is 0 Å². The van der Waals surface area contributed by atoms with Crippen molar-refractivity contribution >= 4 is 11.8 Å². The van der Waals surface area contributed by atoms with Crippen LogP contribution in [-0.2, 0) is 17.5 Å². The Labute approximate surface area is 121 Å². The zero-order valence-electron chi connectivity index (χ0n) is 11.3. The highest BCUT2D eigenvalue weighted by Gasteiger charge is 2.33. The van der Waals surface area contributed by atoms with E-state index in [1.165, 1.54) is 17.8 Å². The Morgan fingerprint density at radius 1 is 1.30 bits per heavy atom. The lowest BCUT2D eigenvalue weighted by Crippen LogP contribution is -2.18. The molecule has 1 aliphatic heterocycles. The van der Waals surface area contributed by atoms with E-state index in [-0.39, 0.29) is 12.1 Å². The normalized spacial score (nSPS) is 17.4. The average Bonchev–Trinajstić information content (AvgIpc) is 2.41. The minimum absolute atomic E-state index is 0.219. The van der Waals surface area contributed by atoms with Crippen LogP contribution in [0.5, 0.6) is 0 Å². The van der Waals surface area contributed by atoms with Crippen molar-refractivity contribution in [3.05, 3.63) is 29.3 Å². The molecule has 0 atom stereocenters. The fourth-order valence-electron chi connectivity index (χ4n) is 2.22. The van der Waals surface area contributed by atoms with Crippen LogP contribution in [0.1, 0.15) is 24.0 Å². The van der Waals surface area contributed by atoms with Crippen LogP contribution in [0.2, 0.25) is 0 Å². The molecule has 0 amide bonds. The molecule has 2 nitrogen and oxygen atoms in total. The Hall–Kier alpha value is -0.720. The van der Waals surface area contributed by atoms with Crippen molar-refractivity contribution in [1.29, 1.82) is 0 Å². The lowest BCUT2D eigenvalue weighted by Gasteiger charge is -2.22. The van der Waals surface area contributed by atoms with Gasteiger partial charge in [0.15, 0.2) is 0 Å². The van der Waals surface area contributed by atoms with Crippen LogP contribution in [-0.4, -0.2) is 25.5 Å². The van der Waals surface area contributed by atoms with E-state index in [2.05, 4.69) is 5.32 Å². The molecule has 1 aromatic carbocycles. The monoisotopic (exact) mass is 305 g/mol. The Morgan fingerprint density at radius 3 is 2.60 bits per heavy atom. The van der Waals surface area contributed by atoms with Gasteiger partial charge < -0.3 is 10.1 Å². The van der Waals surface area contributed by atoms with Crippen molar-refractivity contribution in [3.8, 4) is 0 Å². The SMILES string of the molecule is CNCc1ccc(SC2CCOCC2)cc1C(F)(F)F. The molecule has 0 aromatic heterocycles. The molecule has 1 aromatic rings. The highest BCUT2D eigenvalue weighted by molar-refractivity contribution is 8.00. The highest BCUT2D eigenvalue weighted by Crippen LogP contribution is 2.37. The summed E-state index contributed by atoms with van der Waals surface area (Å²) in [7, 11) is 1.64. The zero-order valence-corrected chi connectivity index (χ0v) is 12.1.